The molecule has 0 spiro atoms. The SMILES string of the molecule is O=C1C[C@@H]2c3c(cccc3CN1Cc1ccccc1)C[C@@H](O)[C@H]2O. The summed E-state index contributed by atoms with van der Waals surface area (Å²) in [5.74, 6) is -0.285. The number of carbonyl (C=O) groups excluding carboxylic acids is 1. The fourth-order valence-electron chi connectivity index (χ4n) is 4.03. The highest BCUT2D eigenvalue weighted by molar-refractivity contribution is 5.78. The fourth-order valence-corrected chi connectivity index (χ4v) is 4.03. The third kappa shape index (κ3) is 2.62. The van der Waals surface area contributed by atoms with Crippen molar-refractivity contribution in [1.29, 1.82) is 0 Å². The first-order chi connectivity index (χ1) is 11.6. The Balaban J connectivity index is 1.71. The Morgan fingerprint density at radius 2 is 1.71 bits per heavy atom. The molecule has 0 fully saturated rings. The summed E-state index contributed by atoms with van der Waals surface area (Å²) in [5, 5.41) is 20.6. The zero-order valence-electron chi connectivity index (χ0n) is 13.4. The molecule has 0 aromatic heterocycles. The van der Waals surface area contributed by atoms with Gasteiger partial charge in [0.25, 0.3) is 0 Å². The molecule has 3 atom stereocenters. The van der Waals surface area contributed by atoms with Crippen LogP contribution in [0.2, 0.25) is 0 Å². The monoisotopic (exact) mass is 323 g/mol. The first-order valence-corrected chi connectivity index (χ1v) is 8.42. The van der Waals surface area contributed by atoms with Crippen LogP contribution in [-0.4, -0.2) is 33.2 Å². The van der Waals surface area contributed by atoms with Gasteiger partial charge in [0, 0.05) is 31.8 Å². The molecule has 0 saturated heterocycles. The summed E-state index contributed by atoms with van der Waals surface area (Å²) in [6, 6.07) is 16.0. The topological polar surface area (TPSA) is 60.8 Å². The number of rotatable bonds is 2. The third-order valence-corrected chi connectivity index (χ3v) is 5.22. The van der Waals surface area contributed by atoms with Crippen LogP contribution < -0.4 is 0 Å². The van der Waals surface area contributed by atoms with E-state index in [1.165, 1.54) is 0 Å². The van der Waals surface area contributed by atoms with Crippen LogP contribution in [-0.2, 0) is 24.3 Å². The summed E-state index contributed by atoms with van der Waals surface area (Å²) in [5.41, 5.74) is 4.31. The van der Waals surface area contributed by atoms with Crippen LogP contribution in [0.5, 0.6) is 0 Å². The van der Waals surface area contributed by atoms with Gasteiger partial charge in [-0.25, -0.2) is 0 Å². The highest BCUT2D eigenvalue weighted by atomic mass is 16.3. The molecular formula is C20H21NO3. The second kappa shape index (κ2) is 6.04. The average Bonchev–Trinajstić information content (AvgIpc) is 2.72. The summed E-state index contributed by atoms with van der Waals surface area (Å²) >= 11 is 0. The summed E-state index contributed by atoms with van der Waals surface area (Å²) in [6.45, 7) is 1.12. The molecule has 1 aliphatic carbocycles. The number of aliphatic hydroxyl groups is 2. The van der Waals surface area contributed by atoms with E-state index in [1.54, 1.807) is 0 Å². The summed E-state index contributed by atoms with van der Waals surface area (Å²) in [7, 11) is 0. The Morgan fingerprint density at radius 3 is 2.50 bits per heavy atom. The smallest absolute Gasteiger partial charge is 0.223 e. The zero-order valence-corrected chi connectivity index (χ0v) is 13.4. The maximum Gasteiger partial charge on any atom is 0.223 e. The van der Waals surface area contributed by atoms with Gasteiger partial charge in [0.2, 0.25) is 5.91 Å². The quantitative estimate of drug-likeness (QED) is 0.888. The molecule has 2 aromatic carbocycles. The number of hydrogen-bond donors (Lipinski definition) is 2. The molecule has 0 radical (unpaired) electrons. The lowest BCUT2D eigenvalue weighted by Gasteiger charge is -2.33. The lowest BCUT2D eigenvalue weighted by molar-refractivity contribution is -0.133. The van der Waals surface area contributed by atoms with Crippen molar-refractivity contribution in [3.8, 4) is 0 Å². The Labute approximate surface area is 141 Å². The van der Waals surface area contributed by atoms with Crippen molar-refractivity contribution in [3.05, 3.63) is 70.8 Å². The number of carbonyl (C=O) groups is 1. The van der Waals surface area contributed by atoms with Gasteiger partial charge in [-0.2, -0.15) is 0 Å². The highest BCUT2D eigenvalue weighted by Gasteiger charge is 2.40. The van der Waals surface area contributed by atoms with Crippen LogP contribution >= 0.6 is 0 Å². The molecule has 1 heterocycles. The molecule has 2 aromatic rings. The Hall–Kier alpha value is -2.17. The van der Waals surface area contributed by atoms with Crippen LogP contribution in [0.1, 0.15) is 34.6 Å². The molecule has 2 aliphatic rings. The van der Waals surface area contributed by atoms with E-state index < -0.39 is 12.2 Å². The van der Waals surface area contributed by atoms with E-state index in [9.17, 15) is 15.0 Å². The standard InChI is InChI=1S/C20H21NO3/c22-17-9-14-7-4-8-15-12-21(11-13-5-2-1-3-6-13)18(23)10-16(19(14)15)20(17)24/h1-8,16-17,20,22,24H,9-12H2/t16-,17-,20+/m1/s1. The minimum Gasteiger partial charge on any atom is -0.390 e. The van der Waals surface area contributed by atoms with Crippen LogP contribution in [0, 0.1) is 0 Å². The molecule has 4 nitrogen and oxygen atoms in total. The number of amides is 1. The van der Waals surface area contributed by atoms with Crippen LogP contribution in [0.4, 0.5) is 0 Å². The van der Waals surface area contributed by atoms with Gasteiger partial charge in [0.05, 0.1) is 12.2 Å². The van der Waals surface area contributed by atoms with Gasteiger partial charge in [-0.1, -0.05) is 48.5 Å². The Bertz CT molecular complexity index is 759. The third-order valence-electron chi connectivity index (χ3n) is 5.22. The first-order valence-electron chi connectivity index (χ1n) is 8.42. The predicted octanol–water partition coefficient (Wildman–Crippen LogP) is 1.98. The van der Waals surface area contributed by atoms with Gasteiger partial charge in [-0.3, -0.25) is 4.79 Å². The van der Waals surface area contributed by atoms with Crippen LogP contribution in [0.3, 0.4) is 0 Å². The second-order valence-electron chi connectivity index (χ2n) is 6.80. The van der Waals surface area contributed by atoms with Gasteiger partial charge >= 0.3 is 0 Å². The molecule has 4 rings (SSSR count). The molecule has 1 amide bonds. The fraction of sp³-hybridized carbons (Fsp3) is 0.350. The van der Waals surface area contributed by atoms with Gasteiger partial charge in [-0.05, 0) is 22.3 Å². The minimum absolute atomic E-state index is 0.0270. The molecule has 1 aliphatic heterocycles. The summed E-state index contributed by atoms with van der Waals surface area (Å²) in [6.07, 6.45) is -0.978. The molecule has 24 heavy (non-hydrogen) atoms. The van der Waals surface area contributed by atoms with Crippen LogP contribution in [0.25, 0.3) is 0 Å². The van der Waals surface area contributed by atoms with Crippen molar-refractivity contribution in [2.45, 2.75) is 44.1 Å². The lowest BCUT2D eigenvalue weighted by atomic mass is 9.76. The number of aliphatic hydroxyl groups excluding tert-OH is 2. The average molecular weight is 323 g/mol. The lowest BCUT2D eigenvalue weighted by Crippen LogP contribution is -2.39. The number of nitrogens with zero attached hydrogens (tertiary/aromatic N) is 1. The highest BCUT2D eigenvalue weighted by Crippen LogP contribution is 2.39. The molecule has 0 saturated carbocycles. The van der Waals surface area contributed by atoms with Crippen molar-refractivity contribution >= 4 is 5.91 Å². The van der Waals surface area contributed by atoms with E-state index in [0.717, 1.165) is 22.3 Å². The molecule has 0 unspecified atom stereocenters. The van der Waals surface area contributed by atoms with Gasteiger partial charge in [0.1, 0.15) is 0 Å². The molecule has 2 N–H and O–H groups in total. The maximum absolute atomic E-state index is 12.8. The molecule has 0 bridgehead atoms. The second-order valence-corrected chi connectivity index (χ2v) is 6.80. The summed E-state index contributed by atoms with van der Waals surface area (Å²) < 4.78 is 0. The molecule has 4 heteroatoms. The Kier molecular flexibility index (Phi) is 3.87. The normalized spacial score (nSPS) is 26.0. The van der Waals surface area contributed by atoms with Crippen molar-refractivity contribution in [1.82, 2.24) is 4.90 Å². The first kappa shape index (κ1) is 15.4. The minimum atomic E-state index is -0.876. The largest absolute Gasteiger partial charge is 0.390 e. The summed E-state index contributed by atoms with van der Waals surface area (Å²) in [4.78, 5) is 14.6. The van der Waals surface area contributed by atoms with Crippen molar-refractivity contribution in [3.63, 3.8) is 0 Å². The zero-order chi connectivity index (χ0) is 16.7. The number of benzene rings is 2. The van der Waals surface area contributed by atoms with Crippen molar-refractivity contribution in [2.24, 2.45) is 0 Å². The van der Waals surface area contributed by atoms with Crippen molar-refractivity contribution < 1.29 is 15.0 Å². The van der Waals surface area contributed by atoms with Gasteiger partial charge in [0.15, 0.2) is 0 Å². The van der Waals surface area contributed by atoms with Gasteiger partial charge < -0.3 is 15.1 Å². The molecule has 124 valence electrons. The molecular weight excluding hydrogens is 302 g/mol. The number of hydrogen-bond acceptors (Lipinski definition) is 3. The van der Waals surface area contributed by atoms with Crippen molar-refractivity contribution in [2.75, 3.05) is 0 Å². The van der Waals surface area contributed by atoms with E-state index in [4.69, 9.17) is 0 Å². The van der Waals surface area contributed by atoms with E-state index in [0.29, 0.717) is 19.5 Å². The van der Waals surface area contributed by atoms with Crippen LogP contribution in [0.15, 0.2) is 48.5 Å². The maximum atomic E-state index is 12.8. The van der Waals surface area contributed by atoms with E-state index in [-0.39, 0.29) is 18.2 Å². The van der Waals surface area contributed by atoms with Gasteiger partial charge in [-0.15, -0.1) is 0 Å². The van der Waals surface area contributed by atoms with E-state index in [1.807, 2.05) is 53.4 Å². The predicted molar refractivity (Wildman–Crippen MR) is 90.2 cm³/mol. The van der Waals surface area contributed by atoms with E-state index in [2.05, 4.69) is 0 Å². The Morgan fingerprint density at radius 1 is 0.958 bits per heavy atom. The van der Waals surface area contributed by atoms with E-state index >= 15 is 0 Å².